The summed E-state index contributed by atoms with van der Waals surface area (Å²) in [5, 5.41) is 10.7. The third kappa shape index (κ3) is 6.46. The number of nitrogens with two attached hydrogens (primary N) is 1. The van der Waals surface area contributed by atoms with Crippen molar-refractivity contribution in [1.82, 2.24) is 5.32 Å². The lowest BCUT2D eigenvalue weighted by molar-refractivity contribution is -0.130. The minimum atomic E-state index is -0.794. The maximum Gasteiger partial charge on any atom is 0.246 e. The van der Waals surface area contributed by atoms with Crippen LogP contribution in [0.25, 0.3) is 0 Å². The van der Waals surface area contributed by atoms with Gasteiger partial charge in [-0.25, -0.2) is 0 Å². The monoisotopic (exact) mass is 213 g/mol. The molecule has 0 radical (unpaired) electrons. The van der Waals surface area contributed by atoms with E-state index in [0.29, 0.717) is 6.61 Å². The number of nitrogens with zero attached hydrogens (tertiary/aromatic N) is 1. The summed E-state index contributed by atoms with van der Waals surface area (Å²) in [5.74, 6) is -1.05. The Kier molecular flexibility index (Phi) is 6.93. The van der Waals surface area contributed by atoms with Gasteiger partial charge in [0.05, 0.1) is 6.07 Å². The highest BCUT2D eigenvalue weighted by Gasteiger charge is 2.17. The summed E-state index contributed by atoms with van der Waals surface area (Å²) in [7, 11) is 0. The highest BCUT2D eigenvalue weighted by molar-refractivity contribution is 5.86. The quantitative estimate of drug-likeness (QED) is 0.583. The van der Waals surface area contributed by atoms with E-state index in [4.69, 9.17) is 15.7 Å². The summed E-state index contributed by atoms with van der Waals surface area (Å²) >= 11 is 0. The van der Waals surface area contributed by atoms with Crippen LogP contribution in [0.5, 0.6) is 0 Å². The molecule has 84 valence electrons. The fourth-order valence-electron chi connectivity index (χ4n) is 0.925. The number of carbonyl (C=O) groups excluding carboxylic acids is 2. The number of nitrogens with one attached hydrogen (secondary N) is 1. The van der Waals surface area contributed by atoms with E-state index in [1.165, 1.54) is 0 Å². The Morgan fingerprint density at radius 3 is 2.73 bits per heavy atom. The van der Waals surface area contributed by atoms with Crippen molar-refractivity contribution in [1.29, 1.82) is 5.26 Å². The number of rotatable bonds is 7. The fraction of sp³-hybridized carbons (Fsp3) is 0.667. The Morgan fingerprint density at radius 2 is 2.27 bits per heavy atom. The predicted molar refractivity (Wildman–Crippen MR) is 52.5 cm³/mol. The maximum absolute atomic E-state index is 11.2. The zero-order valence-electron chi connectivity index (χ0n) is 8.66. The Balaban J connectivity index is 4.00. The Bertz CT molecular complexity index is 260. The molecule has 2 amide bonds. The first-order chi connectivity index (χ1) is 7.11. The third-order valence-corrected chi connectivity index (χ3v) is 1.66. The van der Waals surface area contributed by atoms with Crippen LogP contribution < -0.4 is 11.1 Å². The van der Waals surface area contributed by atoms with Crippen LogP contribution >= 0.6 is 0 Å². The first kappa shape index (κ1) is 13.4. The van der Waals surface area contributed by atoms with Gasteiger partial charge in [0.2, 0.25) is 11.8 Å². The summed E-state index contributed by atoms with van der Waals surface area (Å²) in [6, 6.07) is 1.09. The molecule has 1 atom stereocenters. The lowest BCUT2D eigenvalue weighted by atomic mass is 10.1. The summed E-state index contributed by atoms with van der Waals surface area (Å²) < 4.78 is 4.85. The van der Waals surface area contributed by atoms with Crippen LogP contribution in [0.4, 0.5) is 0 Å². The van der Waals surface area contributed by atoms with E-state index in [2.05, 4.69) is 5.32 Å². The first-order valence-corrected chi connectivity index (χ1v) is 4.65. The van der Waals surface area contributed by atoms with Crippen LogP contribution in [0.1, 0.15) is 19.8 Å². The molecule has 0 saturated heterocycles. The topological polar surface area (TPSA) is 105 Å². The van der Waals surface area contributed by atoms with Gasteiger partial charge in [-0.05, 0) is 13.3 Å². The Hall–Kier alpha value is -1.61. The van der Waals surface area contributed by atoms with E-state index in [9.17, 15) is 9.59 Å². The van der Waals surface area contributed by atoms with Crippen LogP contribution in [0.2, 0.25) is 0 Å². The molecule has 3 N–H and O–H groups in total. The average molecular weight is 213 g/mol. The van der Waals surface area contributed by atoms with Crippen molar-refractivity contribution >= 4 is 11.8 Å². The van der Waals surface area contributed by atoms with E-state index in [1.54, 1.807) is 6.92 Å². The third-order valence-electron chi connectivity index (χ3n) is 1.66. The zero-order chi connectivity index (χ0) is 11.7. The van der Waals surface area contributed by atoms with Crippen molar-refractivity contribution < 1.29 is 14.3 Å². The molecular weight excluding hydrogens is 198 g/mol. The molecule has 0 bridgehead atoms. The largest absolute Gasteiger partial charge is 0.372 e. The number of hydrogen-bond acceptors (Lipinski definition) is 4. The van der Waals surface area contributed by atoms with Crippen LogP contribution in [0.3, 0.4) is 0 Å². The molecule has 0 saturated carbocycles. The van der Waals surface area contributed by atoms with Gasteiger partial charge < -0.3 is 15.8 Å². The molecular formula is C9H15N3O3. The molecule has 0 aromatic carbocycles. The SMILES string of the molecule is CCOCC(=O)N[C@@H](CCC#N)C(N)=O. The highest BCUT2D eigenvalue weighted by Crippen LogP contribution is 1.95. The van der Waals surface area contributed by atoms with E-state index in [0.717, 1.165) is 0 Å². The van der Waals surface area contributed by atoms with Crippen molar-refractivity contribution in [2.24, 2.45) is 5.73 Å². The number of primary amides is 1. The molecule has 0 aromatic heterocycles. The van der Waals surface area contributed by atoms with Crippen molar-refractivity contribution in [2.45, 2.75) is 25.8 Å². The minimum absolute atomic E-state index is 0.104. The second-order valence-electron chi connectivity index (χ2n) is 2.86. The molecule has 0 aliphatic rings. The van der Waals surface area contributed by atoms with Gasteiger partial charge in [0.25, 0.3) is 0 Å². The van der Waals surface area contributed by atoms with Crippen LogP contribution in [-0.2, 0) is 14.3 Å². The van der Waals surface area contributed by atoms with E-state index in [-0.39, 0.29) is 19.4 Å². The second kappa shape index (κ2) is 7.76. The molecule has 0 rings (SSSR count). The second-order valence-corrected chi connectivity index (χ2v) is 2.86. The Morgan fingerprint density at radius 1 is 1.60 bits per heavy atom. The van der Waals surface area contributed by atoms with Gasteiger partial charge in [-0.1, -0.05) is 0 Å². The molecule has 6 heteroatoms. The predicted octanol–water partition coefficient (Wildman–Crippen LogP) is -0.703. The minimum Gasteiger partial charge on any atom is -0.372 e. The number of carbonyl (C=O) groups is 2. The lowest BCUT2D eigenvalue weighted by Crippen LogP contribution is -2.45. The molecule has 0 aromatic rings. The normalized spacial score (nSPS) is 11.5. The van der Waals surface area contributed by atoms with Gasteiger partial charge >= 0.3 is 0 Å². The molecule has 6 nitrogen and oxygen atoms in total. The van der Waals surface area contributed by atoms with Crippen molar-refractivity contribution in [3.63, 3.8) is 0 Å². The molecule has 15 heavy (non-hydrogen) atoms. The average Bonchev–Trinajstić information content (AvgIpc) is 2.20. The standard InChI is InChI=1S/C9H15N3O3/c1-2-15-6-8(13)12-7(9(11)14)4-3-5-10/h7H,2-4,6H2,1H3,(H2,11,14)(H,12,13)/t7-/m0/s1. The molecule has 0 heterocycles. The molecule has 0 spiro atoms. The Labute approximate surface area is 88.4 Å². The number of amides is 2. The van der Waals surface area contributed by atoms with Gasteiger partial charge in [-0.2, -0.15) is 5.26 Å². The van der Waals surface area contributed by atoms with Gasteiger partial charge in [0.15, 0.2) is 0 Å². The number of hydrogen-bond donors (Lipinski definition) is 2. The number of nitriles is 1. The zero-order valence-corrected chi connectivity index (χ0v) is 8.66. The highest BCUT2D eigenvalue weighted by atomic mass is 16.5. The summed E-state index contributed by atoms with van der Waals surface area (Å²) in [6.45, 7) is 2.08. The van der Waals surface area contributed by atoms with Crippen molar-refractivity contribution in [2.75, 3.05) is 13.2 Å². The molecule has 0 aliphatic heterocycles. The van der Waals surface area contributed by atoms with E-state index >= 15 is 0 Å². The van der Waals surface area contributed by atoms with Crippen LogP contribution in [0, 0.1) is 11.3 Å². The van der Waals surface area contributed by atoms with Gasteiger partial charge in [-0.15, -0.1) is 0 Å². The number of ether oxygens (including phenoxy) is 1. The van der Waals surface area contributed by atoms with Gasteiger partial charge in [0, 0.05) is 13.0 Å². The summed E-state index contributed by atoms with van der Waals surface area (Å²) in [5.41, 5.74) is 5.05. The van der Waals surface area contributed by atoms with E-state index in [1.807, 2.05) is 6.07 Å². The van der Waals surface area contributed by atoms with E-state index < -0.39 is 17.9 Å². The van der Waals surface area contributed by atoms with Gasteiger partial charge in [-0.3, -0.25) is 9.59 Å². The summed E-state index contributed by atoms with van der Waals surface area (Å²) in [6.07, 6.45) is 0.395. The maximum atomic E-state index is 11.2. The lowest BCUT2D eigenvalue weighted by Gasteiger charge is -2.13. The fourth-order valence-corrected chi connectivity index (χ4v) is 0.925. The van der Waals surface area contributed by atoms with Crippen molar-refractivity contribution in [3.8, 4) is 6.07 Å². The van der Waals surface area contributed by atoms with Crippen LogP contribution in [-0.4, -0.2) is 31.1 Å². The van der Waals surface area contributed by atoms with Crippen molar-refractivity contribution in [3.05, 3.63) is 0 Å². The molecule has 0 aliphatic carbocycles. The molecule has 0 unspecified atom stereocenters. The van der Waals surface area contributed by atoms with Crippen LogP contribution in [0.15, 0.2) is 0 Å². The molecule has 0 fully saturated rings. The van der Waals surface area contributed by atoms with Gasteiger partial charge in [0.1, 0.15) is 12.6 Å². The summed E-state index contributed by atoms with van der Waals surface area (Å²) in [4.78, 5) is 22.0. The smallest absolute Gasteiger partial charge is 0.246 e. The first-order valence-electron chi connectivity index (χ1n) is 4.65.